The Hall–Kier alpha value is -11.9. The van der Waals surface area contributed by atoms with Crippen molar-refractivity contribution in [1.29, 1.82) is 0 Å². The number of benzene rings is 4. The van der Waals surface area contributed by atoms with Crippen LogP contribution in [0.25, 0.3) is 0 Å². The number of nitrogens with one attached hydrogen (secondary N) is 8. The van der Waals surface area contributed by atoms with E-state index in [9.17, 15) is 72.0 Å². The highest BCUT2D eigenvalue weighted by Gasteiger charge is 2.33. The minimum absolute atomic E-state index is 0.0232. The first-order valence-corrected chi connectivity index (χ1v) is 41.7. The molecule has 0 aliphatic heterocycles. The van der Waals surface area contributed by atoms with Crippen LogP contribution in [0.15, 0.2) is 132 Å². The molecule has 0 atom stereocenters. The maximum Gasteiger partial charge on any atom is 0.267 e. The molecule has 0 radical (unpaired) electrons. The molecule has 8 heterocycles. The number of hydrogen-bond donors (Lipinski definition) is 8. The van der Waals surface area contributed by atoms with Gasteiger partial charge in [-0.15, -0.1) is 45.3 Å². The normalized spacial score (nSPS) is 18.0. The second-order valence-electron chi connectivity index (χ2n) is 23.9. The van der Waals surface area contributed by atoms with Crippen LogP contribution >= 0.6 is 45.3 Å². The Morgan fingerprint density at radius 2 is 0.558 bits per heavy atom. The van der Waals surface area contributed by atoms with Gasteiger partial charge in [-0.3, -0.25) is 38.4 Å². The summed E-state index contributed by atoms with van der Waals surface area (Å²) in [5, 5.41) is 17.7. The van der Waals surface area contributed by atoms with Crippen LogP contribution in [0.3, 0.4) is 0 Å². The third-order valence-electron chi connectivity index (χ3n) is 15.4. The van der Waals surface area contributed by atoms with Gasteiger partial charge in [0.1, 0.15) is 39.1 Å². The number of aryl methyl sites for hydroxylation is 4. The fourth-order valence-electron chi connectivity index (χ4n) is 9.51. The first kappa shape index (κ1) is 47.2. The van der Waals surface area contributed by atoms with Crippen LogP contribution in [0.2, 0.25) is 11.3 Å². The smallest absolute Gasteiger partial charge is 0.267 e. The number of Topliss-reactive ketones (excluding diaryl/α,β-unsaturated/α-hetero) is 4. The van der Waals surface area contributed by atoms with E-state index in [1.54, 1.807) is 6.92 Å². The minimum atomic E-state index is -5.26. The number of aromatic nitrogens is 4. The van der Waals surface area contributed by atoms with E-state index < -0.39 is 343 Å². The molecule has 632 valence electrons. The van der Waals surface area contributed by atoms with Crippen molar-refractivity contribution in [3.8, 4) is 0 Å². The lowest BCUT2D eigenvalue weighted by molar-refractivity contribution is 0.100. The van der Waals surface area contributed by atoms with Gasteiger partial charge >= 0.3 is 0 Å². The highest BCUT2D eigenvalue weighted by atomic mass is 32.2. The molecule has 40 heteroatoms. The van der Waals surface area contributed by atoms with Crippen LogP contribution in [0.4, 0.5) is 46.3 Å². The van der Waals surface area contributed by atoms with Gasteiger partial charge in [-0.25, -0.2) is 52.5 Å². The molecule has 12 aromatic rings. The number of nitrogens with zero attached hydrogens (tertiary/aromatic N) is 4. The Kier molecular flexibility index (Phi) is 14.6. The number of hydrogen-bond acceptors (Lipinski definition) is 28. The average Bonchev–Trinajstić information content (AvgIpc) is 0.742. The van der Waals surface area contributed by atoms with Crippen molar-refractivity contribution in [3.05, 3.63) is 225 Å². The third kappa shape index (κ3) is 21.0. The van der Waals surface area contributed by atoms with Crippen LogP contribution < -0.4 is 40.1 Å². The van der Waals surface area contributed by atoms with E-state index in [1.165, 1.54) is 60.8 Å². The second-order valence-corrected chi connectivity index (χ2v) is 33.8. The van der Waals surface area contributed by atoms with Crippen LogP contribution in [-0.2, 0) is 40.1 Å². The number of sulfonamides is 4. The van der Waals surface area contributed by atoms with E-state index in [-0.39, 0.29) is 92.6 Å². The standard InChI is InChI=1S/4C20H21N3O5S2/c4*1-10-8-11(2)17(15(9-10)14(5)24)21-19(25)18-16(6-7-29-18)30(26,27)23-20-12(3)13(4)22-28-20/h4*6-9,23H,1-5H3,(H,21,25)/i1D3,2D3,3D3,5D3,8D,9D;1D3,2D3,5D3,8D,9D;3D3,5D3,8D,9D;5D3,8D,9D/hD8. The molecule has 0 bridgehead atoms. The molecular weight excluding hydrogens is 1710 g/mol. The van der Waals surface area contributed by atoms with Crippen molar-refractivity contribution in [2.75, 3.05) is 40.1 Å². The summed E-state index contributed by atoms with van der Waals surface area (Å²) in [5.41, 5.74) is -15.6. The molecule has 0 unspecified atom stereocenters. The molecular formula is C80H84N12O20S8. The van der Waals surface area contributed by atoms with Gasteiger partial charge in [0.05, 0.1) is 56.5 Å². The monoisotopic (exact) mass is 1830 g/mol. The molecule has 32 nitrogen and oxygen atoms in total. The molecule has 0 saturated heterocycles. The summed E-state index contributed by atoms with van der Waals surface area (Å²) in [6.07, 6.45) is 0. The Bertz CT molecular complexity index is 8670. The minimum Gasteiger partial charge on any atom is -0.337 e. The van der Waals surface area contributed by atoms with Crippen LogP contribution in [0.5, 0.6) is 0 Å². The number of carbonyl (C=O) groups is 8. The molecule has 0 saturated carbocycles. The van der Waals surface area contributed by atoms with Gasteiger partial charge < -0.3 is 39.3 Å². The molecule has 0 aliphatic rings. The van der Waals surface area contributed by atoms with Gasteiger partial charge in [0.15, 0.2) is 34.4 Å². The second kappa shape index (κ2) is 37.2. The highest BCUT2D eigenvalue weighted by molar-refractivity contribution is 7.94. The molecule has 4 aromatic carbocycles. The average molecular weight is 1840 g/mol. The van der Waals surface area contributed by atoms with E-state index in [0.717, 1.165) is 47.3 Å². The topological polar surface area (TPSA) is 473 Å². The molecule has 0 aliphatic carbocycles. The lowest BCUT2D eigenvalue weighted by Gasteiger charge is -2.14. The zero-order valence-electron chi connectivity index (χ0n) is 108. The fraction of sp³-hybridized carbons (Fsp3) is 0.250. The van der Waals surface area contributed by atoms with E-state index in [0.29, 0.717) is 51.0 Å². The molecule has 0 fully saturated rings. The predicted molar refractivity (Wildman–Crippen MR) is 460 cm³/mol. The van der Waals surface area contributed by atoms with Crippen LogP contribution in [0.1, 0.15) is 249 Å². The molecule has 8 N–H and O–H groups in total. The van der Waals surface area contributed by atoms with Gasteiger partial charge in [0.2, 0.25) is 23.5 Å². The Morgan fingerprint density at radius 3 is 0.783 bits per heavy atom. The number of ketones is 4. The van der Waals surface area contributed by atoms with E-state index >= 15 is 0 Å². The third-order valence-corrected chi connectivity index (χ3v) is 24.8. The molecule has 8 aromatic heterocycles. The SMILES string of the molecule is [2H]c1c(C(=O)C([2H])([2H])[2H])c(N([2H])C(=O)c2sccc2S(=O)(=O)N([2H])c2onc(C)c2C([2H])([2H])[2H])c(C([2H])([2H])[2H])c([2H])c1C([2H])([2H])[2H].[2H]c1c(C(=O)C([2H])([2H])[2H])c(N([2H])C(=O)c2sccc2S(=O)(=O)N([2H])c2onc(C)c2C)c(C([2H])([2H])[2H])c([2H])c1C([2H])([2H])[2H].[2H]c1c(C)c([2H])c(C(=O)C([2H])([2H])[2H])c(N([2H])C(=O)c2sccc2S(=O)(=O)N([2H])c2onc(C)c2C([2H])([2H])[2H])c1C.[2H]c1c(C)c([2H])c(C(=O)C([2H])([2H])[2H])c(N([2H])C(=O)c2sccc2S(=O)(=O)N([2H])c2onc(C)c2C)c1C. The summed E-state index contributed by atoms with van der Waals surface area (Å²) >= 11 is 1.87. The van der Waals surface area contributed by atoms with Crippen LogP contribution in [0, 0.1) is 110 Å². The summed E-state index contributed by atoms with van der Waals surface area (Å²) in [5.74, 6) is -16.2. The number of thiophene rings is 4. The summed E-state index contributed by atoms with van der Waals surface area (Å²) in [6.45, 7) is -20.3. The maximum absolute atomic E-state index is 13.7. The zero-order valence-corrected chi connectivity index (χ0v) is 68.9. The summed E-state index contributed by atoms with van der Waals surface area (Å²) < 4.78 is 487. The van der Waals surface area contributed by atoms with E-state index in [2.05, 4.69) is 20.6 Å². The summed E-state index contributed by atoms with van der Waals surface area (Å²) in [4.78, 5) is 99.4. The highest BCUT2D eigenvalue weighted by Crippen LogP contribution is 2.36. The van der Waals surface area contributed by atoms with E-state index in [4.69, 9.17) is 81.5 Å². The molecule has 12 rings (SSSR count). The number of anilines is 8. The lowest BCUT2D eigenvalue weighted by Crippen LogP contribution is -2.20. The van der Waals surface area contributed by atoms with Crippen molar-refractivity contribution in [2.24, 2.45) is 0 Å². The molecule has 4 amide bonds. The zero-order chi connectivity index (χ0) is 128. The largest absolute Gasteiger partial charge is 0.337 e. The first-order chi connectivity index (χ1) is 75.0. The van der Waals surface area contributed by atoms with Gasteiger partial charge in [-0.05, 0) is 252 Å². The van der Waals surface area contributed by atoms with Crippen molar-refractivity contribution in [2.45, 2.75) is 157 Å². The van der Waals surface area contributed by atoms with Crippen molar-refractivity contribution in [1.82, 2.24) is 20.6 Å². The van der Waals surface area contributed by atoms with E-state index in [1.807, 2.05) is 0 Å². The first-order valence-electron chi connectivity index (χ1n) is 55.0. The Balaban J connectivity index is 0.000000244. The van der Waals surface area contributed by atoms with Crippen LogP contribution in [-0.4, -0.2) is 101 Å². The van der Waals surface area contributed by atoms with Gasteiger partial charge in [-0.1, -0.05) is 44.8 Å². The van der Waals surface area contributed by atoms with Crippen molar-refractivity contribution in [3.63, 3.8) is 0 Å². The van der Waals surface area contributed by atoms with Gasteiger partial charge in [0.25, 0.3) is 63.7 Å². The number of carbonyl (C=O) groups excluding carboxylic acids is 8. The summed E-state index contributed by atoms with van der Waals surface area (Å²) in [6, 6.07) is -4.07. The number of amides is 4. The Labute approximate surface area is 773 Å². The van der Waals surface area contributed by atoms with Gasteiger partial charge in [0, 0.05) is 85.6 Å². The van der Waals surface area contributed by atoms with Crippen molar-refractivity contribution >= 4 is 178 Å². The van der Waals surface area contributed by atoms with Gasteiger partial charge in [-0.2, -0.15) is 0 Å². The summed E-state index contributed by atoms with van der Waals surface area (Å²) in [7, 11) is -20.0. The molecule has 0 spiro atoms. The fourth-order valence-corrected chi connectivity index (χ4v) is 18.5. The molecule has 120 heavy (non-hydrogen) atoms. The van der Waals surface area contributed by atoms with Crippen molar-refractivity contribution < 1.29 is 154 Å². The predicted octanol–water partition coefficient (Wildman–Crippen LogP) is 16.9. The maximum atomic E-state index is 13.7. The quantitative estimate of drug-likeness (QED) is 0.0260. The lowest BCUT2D eigenvalue weighted by atomic mass is 10.0. The Morgan fingerprint density at radius 1 is 0.325 bits per heavy atom. The number of rotatable bonds is 24.